The number of nitrogens with one attached hydrogen (secondary N) is 1. The Morgan fingerprint density at radius 2 is 1.75 bits per heavy atom. The average molecular weight is 426 g/mol. The molecule has 0 unspecified atom stereocenters. The molecule has 0 spiro atoms. The topological polar surface area (TPSA) is 56.1 Å². The molecule has 0 fully saturated rings. The molecule has 1 aromatic heterocycles. The quantitative estimate of drug-likeness (QED) is 0.392. The number of rotatable bonds is 9. The fourth-order valence-electron chi connectivity index (χ4n) is 3.62. The van der Waals surface area contributed by atoms with Crippen molar-refractivity contribution in [3.05, 3.63) is 102 Å². The second kappa shape index (κ2) is 10.4. The number of hydrogen-bond donors (Lipinski definition) is 1. The van der Waals surface area contributed by atoms with Gasteiger partial charge < -0.3 is 14.6 Å². The van der Waals surface area contributed by atoms with Crippen LogP contribution in [0.15, 0.2) is 84.9 Å². The van der Waals surface area contributed by atoms with E-state index in [2.05, 4.69) is 16.0 Å². The highest BCUT2D eigenvalue weighted by molar-refractivity contribution is 5.91. The van der Waals surface area contributed by atoms with Gasteiger partial charge in [-0.3, -0.25) is 4.79 Å². The molecule has 0 aliphatic carbocycles. The summed E-state index contributed by atoms with van der Waals surface area (Å²) in [5, 5.41) is 2.95. The molecule has 5 nitrogen and oxygen atoms in total. The van der Waals surface area contributed by atoms with Gasteiger partial charge in [-0.2, -0.15) is 0 Å². The van der Waals surface area contributed by atoms with Crippen LogP contribution >= 0.6 is 0 Å². The van der Waals surface area contributed by atoms with Crippen molar-refractivity contribution < 1.29 is 9.53 Å². The first-order valence-corrected chi connectivity index (χ1v) is 10.8. The molecule has 1 amide bonds. The highest BCUT2D eigenvalue weighted by Gasteiger charge is 2.11. The van der Waals surface area contributed by atoms with Crippen LogP contribution in [0.25, 0.3) is 17.1 Å². The molecule has 32 heavy (non-hydrogen) atoms. The third kappa shape index (κ3) is 5.43. The molecule has 0 atom stereocenters. The molecule has 1 heterocycles. The number of amides is 1. The van der Waals surface area contributed by atoms with Crippen molar-refractivity contribution in [3.63, 3.8) is 0 Å². The van der Waals surface area contributed by atoms with Crippen LogP contribution in [0.3, 0.4) is 0 Å². The molecular weight excluding hydrogens is 398 g/mol. The Balaban J connectivity index is 1.38. The van der Waals surface area contributed by atoms with Crippen LogP contribution in [0.1, 0.15) is 17.0 Å². The molecular formula is C27H27N3O2. The molecule has 5 heteroatoms. The molecule has 3 aromatic carbocycles. The Morgan fingerprint density at radius 1 is 1.00 bits per heavy atom. The zero-order valence-electron chi connectivity index (χ0n) is 18.2. The van der Waals surface area contributed by atoms with Gasteiger partial charge in [0.15, 0.2) is 0 Å². The number of fused-ring (bicyclic) bond motifs is 1. The van der Waals surface area contributed by atoms with Crippen LogP contribution in [-0.2, 0) is 17.8 Å². The van der Waals surface area contributed by atoms with E-state index in [4.69, 9.17) is 9.72 Å². The first kappa shape index (κ1) is 21.4. The van der Waals surface area contributed by atoms with Gasteiger partial charge in [-0.05, 0) is 42.3 Å². The van der Waals surface area contributed by atoms with Crippen LogP contribution in [0.2, 0.25) is 0 Å². The lowest BCUT2D eigenvalue weighted by Gasteiger charge is -2.12. The van der Waals surface area contributed by atoms with Crippen LogP contribution < -0.4 is 10.1 Å². The number of aromatic nitrogens is 2. The van der Waals surface area contributed by atoms with Gasteiger partial charge in [-0.15, -0.1) is 0 Å². The van der Waals surface area contributed by atoms with E-state index >= 15 is 0 Å². The molecule has 0 aliphatic heterocycles. The van der Waals surface area contributed by atoms with Crippen molar-refractivity contribution in [2.75, 3.05) is 13.2 Å². The van der Waals surface area contributed by atoms with Crippen LogP contribution in [-0.4, -0.2) is 28.6 Å². The van der Waals surface area contributed by atoms with Gasteiger partial charge >= 0.3 is 0 Å². The normalized spacial score (nSPS) is 11.2. The Kier molecular flexibility index (Phi) is 6.98. The van der Waals surface area contributed by atoms with Gasteiger partial charge in [0.2, 0.25) is 5.91 Å². The number of carbonyl (C=O) groups is 1. The number of carbonyl (C=O) groups excluding carboxylic acids is 1. The lowest BCUT2D eigenvalue weighted by molar-refractivity contribution is -0.116. The Hall–Kier alpha value is -3.86. The lowest BCUT2D eigenvalue weighted by Crippen LogP contribution is -2.25. The third-order valence-corrected chi connectivity index (χ3v) is 5.27. The van der Waals surface area contributed by atoms with E-state index in [1.54, 1.807) is 6.08 Å². The highest BCUT2D eigenvalue weighted by atomic mass is 16.5. The van der Waals surface area contributed by atoms with Crippen LogP contribution in [0, 0.1) is 6.92 Å². The highest BCUT2D eigenvalue weighted by Crippen LogP contribution is 2.19. The maximum atomic E-state index is 12.2. The van der Waals surface area contributed by atoms with E-state index in [0.29, 0.717) is 26.1 Å². The maximum absolute atomic E-state index is 12.2. The summed E-state index contributed by atoms with van der Waals surface area (Å²) in [7, 11) is 0. The van der Waals surface area contributed by atoms with Gasteiger partial charge in [0.1, 0.15) is 18.2 Å². The number of aryl methyl sites for hydroxylation is 1. The number of para-hydroxylation sites is 3. The monoisotopic (exact) mass is 425 g/mol. The molecule has 0 aliphatic rings. The SMILES string of the molecule is Cc1ccccc1OCCn1c(CCNC(=O)/C=C/c2ccccc2)nc2ccccc21. The summed E-state index contributed by atoms with van der Waals surface area (Å²) in [5.74, 6) is 1.72. The van der Waals surface area contributed by atoms with Gasteiger partial charge in [0.05, 0.1) is 17.6 Å². The van der Waals surface area contributed by atoms with Crippen molar-refractivity contribution in [2.45, 2.75) is 19.9 Å². The molecule has 162 valence electrons. The Bertz CT molecular complexity index is 1210. The summed E-state index contributed by atoms with van der Waals surface area (Å²) in [6.45, 7) is 3.79. The summed E-state index contributed by atoms with van der Waals surface area (Å²) in [6, 6.07) is 25.9. The lowest BCUT2D eigenvalue weighted by atomic mass is 10.2. The molecule has 4 aromatic rings. The van der Waals surface area contributed by atoms with Gasteiger partial charge in [-0.25, -0.2) is 4.98 Å². The minimum absolute atomic E-state index is 0.112. The zero-order chi connectivity index (χ0) is 22.2. The Labute approximate surface area is 188 Å². The Morgan fingerprint density at radius 3 is 2.59 bits per heavy atom. The molecule has 0 saturated heterocycles. The summed E-state index contributed by atoms with van der Waals surface area (Å²) in [4.78, 5) is 17.0. The van der Waals surface area contributed by atoms with E-state index in [1.807, 2.05) is 85.8 Å². The fraction of sp³-hybridized carbons (Fsp3) is 0.185. The molecule has 4 rings (SSSR count). The molecule has 0 bridgehead atoms. The number of hydrogen-bond acceptors (Lipinski definition) is 3. The summed E-state index contributed by atoms with van der Waals surface area (Å²) in [6.07, 6.45) is 4.02. The second-order valence-corrected chi connectivity index (χ2v) is 7.57. The van der Waals surface area contributed by atoms with Crippen LogP contribution in [0.4, 0.5) is 0 Å². The zero-order valence-corrected chi connectivity index (χ0v) is 18.2. The number of imidazole rings is 1. The second-order valence-electron chi connectivity index (χ2n) is 7.57. The van der Waals surface area contributed by atoms with Gasteiger partial charge in [0.25, 0.3) is 0 Å². The molecule has 0 radical (unpaired) electrons. The third-order valence-electron chi connectivity index (χ3n) is 5.27. The van der Waals surface area contributed by atoms with Crippen molar-refractivity contribution in [2.24, 2.45) is 0 Å². The fourth-order valence-corrected chi connectivity index (χ4v) is 3.62. The van der Waals surface area contributed by atoms with Gasteiger partial charge in [-0.1, -0.05) is 60.7 Å². The predicted molar refractivity (Wildman–Crippen MR) is 129 cm³/mol. The minimum atomic E-state index is -0.112. The maximum Gasteiger partial charge on any atom is 0.244 e. The smallest absolute Gasteiger partial charge is 0.244 e. The van der Waals surface area contributed by atoms with Crippen molar-refractivity contribution in [1.29, 1.82) is 0 Å². The van der Waals surface area contributed by atoms with E-state index in [-0.39, 0.29) is 5.91 Å². The molecule has 1 N–H and O–H groups in total. The number of nitrogens with zero attached hydrogens (tertiary/aromatic N) is 2. The average Bonchev–Trinajstić information content (AvgIpc) is 3.17. The first-order chi connectivity index (χ1) is 15.7. The van der Waals surface area contributed by atoms with E-state index < -0.39 is 0 Å². The van der Waals surface area contributed by atoms with E-state index in [9.17, 15) is 4.79 Å². The number of benzene rings is 3. The summed E-state index contributed by atoms with van der Waals surface area (Å²) >= 11 is 0. The van der Waals surface area contributed by atoms with Crippen molar-refractivity contribution >= 4 is 23.0 Å². The van der Waals surface area contributed by atoms with Crippen molar-refractivity contribution in [3.8, 4) is 5.75 Å². The minimum Gasteiger partial charge on any atom is -0.491 e. The first-order valence-electron chi connectivity index (χ1n) is 10.8. The van der Waals surface area contributed by atoms with E-state index in [1.165, 1.54) is 0 Å². The summed E-state index contributed by atoms with van der Waals surface area (Å²) in [5.41, 5.74) is 4.15. The van der Waals surface area contributed by atoms with Crippen LogP contribution in [0.5, 0.6) is 5.75 Å². The largest absolute Gasteiger partial charge is 0.491 e. The van der Waals surface area contributed by atoms with Crippen molar-refractivity contribution in [1.82, 2.24) is 14.9 Å². The number of ether oxygens (including phenoxy) is 1. The molecule has 0 saturated carbocycles. The van der Waals surface area contributed by atoms with E-state index in [0.717, 1.165) is 33.7 Å². The summed E-state index contributed by atoms with van der Waals surface area (Å²) < 4.78 is 8.18. The predicted octanol–water partition coefficient (Wildman–Crippen LogP) is 4.80. The standard InChI is InChI=1S/C27H27N3O2/c1-21-9-5-8-14-25(21)32-20-19-30-24-13-7-6-12-23(24)29-26(30)17-18-28-27(31)16-15-22-10-3-2-4-11-22/h2-16H,17-20H2,1H3,(H,28,31)/b16-15+. The van der Waals surface area contributed by atoms with Gasteiger partial charge in [0, 0.05) is 19.0 Å².